The van der Waals surface area contributed by atoms with Crippen LogP contribution >= 0.6 is 0 Å². The van der Waals surface area contributed by atoms with E-state index in [1.54, 1.807) is 24.3 Å². The number of alkyl halides is 3. The minimum atomic E-state index is -4.52. The van der Waals surface area contributed by atoms with Gasteiger partial charge in [0.15, 0.2) is 6.10 Å². The van der Waals surface area contributed by atoms with Crippen LogP contribution in [0.15, 0.2) is 48.5 Å². The van der Waals surface area contributed by atoms with E-state index in [1.807, 2.05) is 19.0 Å². The number of anilines is 2. The highest BCUT2D eigenvalue weighted by molar-refractivity contribution is 5.97. The monoisotopic (exact) mass is 380 g/mol. The Morgan fingerprint density at radius 2 is 1.70 bits per heavy atom. The zero-order chi connectivity index (χ0) is 20.2. The maximum atomic E-state index is 12.7. The van der Waals surface area contributed by atoms with E-state index in [0.29, 0.717) is 0 Å². The molecule has 0 bridgehead atoms. The van der Waals surface area contributed by atoms with Crippen molar-refractivity contribution < 1.29 is 27.5 Å². The predicted octanol–water partition coefficient (Wildman–Crippen LogP) is 3.96. The molecule has 0 spiro atoms. The van der Waals surface area contributed by atoms with E-state index in [1.165, 1.54) is 19.1 Å². The van der Waals surface area contributed by atoms with Gasteiger partial charge >= 0.3 is 12.1 Å². The van der Waals surface area contributed by atoms with Gasteiger partial charge in [0, 0.05) is 25.5 Å². The Hall–Kier alpha value is -3.03. The lowest BCUT2D eigenvalue weighted by Gasteiger charge is -2.15. The first-order chi connectivity index (χ1) is 12.6. The molecule has 5 nitrogen and oxygen atoms in total. The number of carbonyl (C=O) groups is 2. The normalized spacial score (nSPS) is 12.2. The summed E-state index contributed by atoms with van der Waals surface area (Å²) in [4.78, 5) is 26.1. The van der Waals surface area contributed by atoms with Gasteiger partial charge in [-0.15, -0.1) is 0 Å². The summed E-state index contributed by atoms with van der Waals surface area (Å²) in [5, 5.41) is 2.31. The van der Waals surface area contributed by atoms with Crippen LogP contribution < -0.4 is 10.2 Å². The number of esters is 1. The van der Waals surface area contributed by atoms with Crippen molar-refractivity contribution in [1.82, 2.24) is 0 Å². The Kier molecular flexibility index (Phi) is 6.09. The van der Waals surface area contributed by atoms with E-state index in [0.717, 1.165) is 17.8 Å². The molecule has 1 amide bonds. The molecule has 0 aromatic heterocycles. The first-order valence-corrected chi connectivity index (χ1v) is 8.04. The molecule has 0 unspecified atom stereocenters. The number of ether oxygens (including phenoxy) is 1. The quantitative estimate of drug-likeness (QED) is 0.798. The van der Waals surface area contributed by atoms with Crippen LogP contribution in [0.5, 0.6) is 0 Å². The standard InChI is InChI=1S/C19H19F3N2O3/c1-12(27-18(26)13-7-9-16(10-8-13)24(2)3)17(25)23-15-6-4-5-14(11-15)19(20,21)22/h4-12H,1-3H3,(H,23,25)/t12-/m1/s1. The Morgan fingerprint density at radius 3 is 2.26 bits per heavy atom. The van der Waals surface area contributed by atoms with Crippen molar-refractivity contribution in [2.45, 2.75) is 19.2 Å². The molecule has 0 fully saturated rings. The molecule has 2 rings (SSSR count). The summed E-state index contributed by atoms with van der Waals surface area (Å²) in [5.41, 5.74) is 0.236. The molecule has 0 radical (unpaired) electrons. The molecule has 2 aromatic rings. The van der Waals surface area contributed by atoms with Crippen LogP contribution in [0, 0.1) is 0 Å². The number of carbonyl (C=O) groups excluding carboxylic acids is 2. The SMILES string of the molecule is C[C@@H](OC(=O)c1ccc(N(C)C)cc1)C(=O)Nc1cccc(C(F)(F)F)c1. The molecule has 0 heterocycles. The average molecular weight is 380 g/mol. The van der Waals surface area contributed by atoms with Crippen molar-refractivity contribution >= 4 is 23.3 Å². The fraction of sp³-hybridized carbons (Fsp3) is 0.263. The van der Waals surface area contributed by atoms with E-state index < -0.39 is 29.7 Å². The molecule has 0 aliphatic heterocycles. The maximum absolute atomic E-state index is 12.7. The number of nitrogens with zero attached hydrogens (tertiary/aromatic N) is 1. The molecular formula is C19H19F3N2O3. The molecule has 144 valence electrons. The van der Waals surface area contributed by atoms with Gasteiger partial charge in [-0.25, -0.2) is 4.79 Å². The molecule has 0 aliphatic carbocycles. The zero-order valence-electron chi connectivity index (χ0n) is 15.0. The number of rotatable bonds is 5. The maximum Gasteiger partial charge on any atom is 0.416 e. The molecule has 0 aliphatic rings. The van der Waals surface area contributed by atoms with E-state index in [2.05, 4.69) is 5.32 Å². The predicted molar refractivity (Wildman–Crippen MR) is 95.7 cm³/mol. The summed E-state index contributed by atoms with van der Waals surface area (Å²) in [5.74, 6) is -1.43. The van der Waals surface area contributed by atoms with E-state index in [-0.39, 0.29) is 11.3 Å². The molecule has 27 heavy (non-hydrogen) atoms. The Bertz CT molecular complexity index is 818. The van der Waals surface area contributed by atoms with Crippen LogP contribution in [0.2, 0.25) is 0 Å². The second-order valence-corrected chi connectivity index (χ2v) is 6.06. The minimum absolute atomic E-state index is 0.0342. The summed E-state index contributed by atoms with van der Waals surface area (Å²) in [6.07, 6.45) is -5.70. The highest BCUT2D eigenvalue weighted by Gasteiger charge is 2.30. The minimum Gasteiger partial charge on any atom is -0.449 e. The largest absolute Gasteiger partial charge is 0.449 e. The average Bonchev–Trinajstić information content (AvgIpc) is 2.61. The summed E-state index contributed by atoms with van der Waals surface area (Å²) >= 11 is 0. The van der Waals surface area contributed by atoms with E-state index >= 15 is 0 Å². The lowest BCUT2D eigenvalue weighted by Crippen LogP contribution is -2.30. The van der Waals surface area contributed by atoms with E-state index in [4.69, 9.17) is 4.74 Å². The first-order valence-electron chi connectivity index (χ1n) is 8.04. The van der Waals surface area contributed by atoms with Crippen molar-refractivity contribution in [1.29, 1.82) is 0 Å². The van der Waals surface area contributed by atoms with Crippen LogP contribution in [0.1, 0.15) is 22.8 Å². The van der Waals surface area contributed by atoms with Gasteiger partial charge in [-0.05, 0) is 49.4 Å². The number of nitrogens with one attached hydrogen (secondary N) is 1. The van der Waals surface area contributed by atoms with Crippen molar-refractivity contribution in [2.75, 3.05) is 24.3 Å². The third kappa shape index (κ3) is 5.47. The van der Waals surface area contributed by atoms with Gasteiger partial charge in [-0.2, -0.15) is 13.2 Å². The number of halogens is 3. The third-order valence-corrected chi connectivity index (χ3v) is 3.73. The van der Waals surface area contributed by atoms with Gasteiger partial charge in [0.25, 0.3) is 5.91 Å². The Balaban J connectivity index is 2.00. The molecule has 0 saturated carbocycles. The summed E-state index contributed by atoms with van der Waals surface area (Å²) in [7, 11) is 3.71. The van der Waals surface area contributed by atoms with Gasteiger partial charge in [0.1, 0.15) is 0 Å². The van der Waals surface area contributed by atoms with Crippen molar-refractivity contribution in [3.63, 3.8) is 0 Å². The molecular weight excluding hydrogens is 361 g/mol. The highest BCUT2D eigenvalue weighted by atomic mass is 19.4. The van der Waals surface area contributed by atoms with Crippen LogP contribution in [0.3, 0.4) is 0 Å². The van der Waals surface area contributed by atoms with Crippen molar-refractivity contribution in [3.05, 3.63) is 59.7 Å². The number of benzene rings is 2. The molecule has 1 atom stereocenters. The van der Waals surface area contributed by atoms with Gasteiger partial charge < -0.3 is 15.0 Å². The Labute approximate surface area is 154 Å². The molecule has 2 aromatic carbocycles. The van der Waals surface area contributed by atoms with Gasteiger partial charge in [-0.3, -0.25) is 4.79 Å². The Morgan fingerprint density at radius 1 is 1.07 bits per heavy atom. The van der Waals surface area contributed by atoms with Gasteiger partial charge in [-0.1, -0.05) is 6.07 Å². The number of hydrogen-bond donors (Lipinski definition) is 1. The van der Waals surface area contributed by atoms with Crippen LogP contribution in [0.4, 0.5) is 24.5 Å². The topological polar surface area (TPSA) is 58.6 Å². The first kappa shape index (κ1) is 20.3. The smallest absolute Gasteiger partial charge is 0.416 e. The van der Waals surface area contributed by atoms with Crippen LogP contribution in [-0.4, -0.2) is 32.1 Å². The molecule has 1 N–H and O–H groups in total. The van der Waals surface area contributed by atoms with Crippen LogP contribution in [0.25, 0.3) is 0 Å². The summed E-state index contributed by atoms with van der Waals surface area (Å²) in [6.45, 7) is 1.34. The fourth-order valence-electron chi connectivity index (χ4n) is 2.19. The lowest BCUT2D eigenvalue weighted by atomic mass is 10.2. The third-order valence-electron chi connectivity index (χ3n) is 3.73. The molecule has 8 heteroatoms. The highest BCUT2D eigenvalue weighted by Crippen LogP contribution is 2.30. The van der Waals surface area contributed by atoms with Gasteiger partial charge in [0.2, 0.25) is 0 Å². The molecule has 0 saturated heterocycles. The van der Waals surface area contributed by atoms with Gasteiger partial charge in [0.05, 0.1) is 11.1 Å². The second kappa shape index (κ2) is 8.11. The van der Waals surface area contributed by atoms with Crippen molar-refractivity contribution in [2.24, 2.45) is 0 Å². The number of amides is 1. The fourth-order valence-corrected chi connectivity index (χ4v) is 2.19. The van der Waals surface area contributed by atoms with Crippen molar-refractivity contribution in [3.8, 4) is 0 Å². The lowest BCUT2D eigenvalue weighted by molar-refractivity contribution is -0.137. The number of hydrogen-bond acceptors (Lipinski definition) is 4. The van der Waals surface area contributed by atoms with E-state index in [9.17, 15) is 22.8 Å². The summed E-state index contributed by atoms with van der Waals surface area (Å²) < 4.78 is 43.2. The second-order valence-electron chi connectivity index (χ2n) is 6.06. The summed E-state index contributed by atoms with van der Waals surface area (Å²) in [6, 6.07) is 10.8. The van der Waals surface area contributed by atoms with Crippen LogP contribution in [-0.2, 0) is 15.7 Å². The zero-order valence-corrected chi connectivity index (χ0v) is 15.0.